The van der Waals surface area contributed by atoms with E-state index in [1.165, 1.54) is 18.4 Å². The average molecular weight is 420 g/mol. The zero-order valence-electron chi connectivity index (χ0n) is 16.2. The number of methoxy groups -OCH3 is 1. The van der Waals surface area contributed by atoms with Crippen LogP contribution in [0.2, 0.25) is 0 Å². The molecule has 0 saturated carbocycles. The molecular formula is C21H16N4O4S. The Morgan fingerprint density at radius 2 is 2.17 bits per heavy atom. The largest absolute Gasteiger partial charge is 0.484 e. The van der Waals surface area contributed by atoms with Crippen molar-refractivity contribution >= 4 is 32.6 Å². The molecule has 0 saturated heterocycles. The lowest BCUT2D eigenvalue weighted by Crippen LogP contribution is -2.32. The molecule has 1 aliphatic heterocycles. The molecule has 9 heteroatoms. The molecule has 8 nitrogen and oxygen atoms in total. The average Bonchev–Trinajstić information content (AvgIpc) is 3.23. The summed E-state index contributed by atoms with van der Waals surface area (Å²) in [6, 6.07) is 7.49. The Bertz CT molecular complexity index is 1340. The Morgan fingerprint density at radius 3 is 2.93 bits per heavy atom. The minimum Gasteiger partial charge on any atom is -0.484 e. The van der Waals surface area contributed by atoms with Gasteiger partial charge in [-0.05, 0) is 30.7 Å². The van der Waals surface area contributed by atoms with Crippen LogP contribution in [0.25, 0.3) is 31.8 Å². The molecule has 0 amide bonds. The number of nitrogens with zero attached hydrogens (tertiary/aromatic N) is 4. The van der Waals surface area contributed by atoms with Crippen molar-refractivity contribution in [1.29, 1.82) is 5.26 Å². The second-order valence-electron chi connectivity index (χ2n) is 6.87. The molecule has 0 fully saturated rings. The van der Waals surface area contributed by atoms with Gasteiger partial charge in [0.2, 0.25) is 5.88 Å². The number of benzene rings is 2. The Labute approximate surface area is 175 Å². The summed E-state index contributed by atoms with van der Waals surface area (Å²) < 4.78 is 17.8. The van der Waals surface area contributed by atoms with Crippen molar-refractivity contribution in [3.05, 3.63) is 35.5 Å². The molecule has 150 valence electrons. The molecule has 0 aliphatic carbocycles. The number of ether oxygens (including phenoxy) is 3. The summed E-state index contributed by atoms with van der Waals surface area (Å²) >= 11 is 1.44. The molecule has 4 aromatic rings. The van der Waals surface area contributed by atoms with Crippen molar-refractivity contribution in [3.63, 3.8) is 0 Å². The Kier molecular flexibility index (Phi) is 4.38. The normalized spacial score (nSPS) is 15.3. The van der Waals surface area contributed by atoms with Crippen LogP contribution in [0.3, 0.4) is 0 Å². The number of hydrogen-bond acceptors (Lipinski definition) is 9. The Morgan fingerprint density at radius 1 is 1.30 bits per heavy atom. The highest BCUT2D eigenvalue weighted by molar-refractivity contribution is 7.22. The van der Waals surface area contributed by atoms with E-state index in [2.05, 4.69) is 16.0 Å². The fourth-order valence-electron chi connectivity index (χ4n) is 3.44. The Hall–Kier alpha value is -3.48. The zero-order chi connectivity index (χ0) is 20.8. The second-order valence-corrected chi connectivity index (χ2v) is 7.87. The molecule has 0 spiro atoms. The van der Waals surface area contributed by atoms with Gasteiger partial charge in [-0.15, -0.1) is 11.3 Å². The van der Waals surface area contributed by atoms with E-state index in [0.29, 0.717) is 39.0 Å². The monoisotopic (exact) mass is 420 g/mol. The van der Waals surface area contributed by atoms with Gasteiger partial charge >= 0.3 is 0 Å². The third-order valence-corrected chi connectivity index (χ3v) is 5.97. The number of fused-ring (bicyclic) bond motifs is 4. The first-order valence-electron chi connectivity index (χ1n) is 9.21. The highest BCUT2D eigenvalue weighted by Gasteiger charge is 2.26. The van der Waals surface area contributed by atoms with Gasteiger partial charge in [-0.2, -0.15) is 5.26 Å². The summed E-state index contributed by atoms with van der Waals surface area (Å²) in [6.07, 6.45) is 1.16. The topological polar surface area (TPSA) is 110 Å². The number of aliphatic hydroxyl groups excluding tert-OH is 1. The van der Waals surface area contributed by atoms with Gasteiger partial charge in [-0.1, -0.05) is 0 Å². The number of rotatable bonds is 3. The number of aromatic nitrogens is 3. The van der Waals surface area contributed by atoms with Crippen molar-refractivity contribution < 1.29 is 19.3 Å². The van der Waals surface area contributed by atoms with E-state index >= 15 is 0 Å². The second kappa shape index (κ2) is 7.09. The van der Waals surface area contributed by atoms with Crippen LogP contribution in [-0.4, -0.2) is 46.5 Å². The summed E-state index contributed by atoms with van der Waals surface area (Å²) in [5.41, 5.74) is 4.12. The van der Waals surface area contributed by atoms with E-state index < -0.39 is 0 Å². The van der Waals surface area contributed by atoms with Crippen molar-refractivity contribution in [2.45, 2.75) is 13.0 Å². The van der Waals surface area contributed by atoms with Gasteiger partial charge in [-0.3, -0.25) is 0 Å². The predicted octanol–water partition coefficient (Wildman–Crippen LogP) is 3.23. The van der Waals surface area contributed by atoms with Crippen molar-refractivity contribution in [2.75, 3.05) is 20.3 Å². The summed E-state index contributed by atoms with van der Waals surface area (Å²) in [7, 11) is 1.52. The molecule has 2 aromatic carbocycles. The van der Waals surface area contributed by atoms with Crippen LogP contribution in [0.15, 0.2) is 24.4 Å². The van der Waals surface area contributed by atoms with E-state index in [4.69, 9.17) is 19.2 Å². The maximum absolute atomic E-state index is 9.48. The molecule has 0 radical (unpaired) electrons. The van der Waals surface area contributed by atoms with E-state index in [-0.39, 0.29) is 19.3 Å². The molecule has 2 aromatic heterocycles. The predicted molar refractivity (Wildman–Crippen MR) is 111 cm³/mol. The summed E-state index contributed by atoms with van der Waals surface area (Å²) in [5.74, 6) is 1.60. The molecule has 1 N–H and O–H groups in total. The smallest absolute Gasteiger partial charge is 0.232 e. The fraction of sp³-hybridized carbons (Fsp3) is 0.238. The lowest BCUT2D eigenvalue weighted by atomic mass is 10.1. The van der Waals surface area contributed by atoms with E-state index in [1.807, 2.05) is 13.0 Å². The third-order valence-electron chi connectivity index (χ3n) is 4.88. The van der Waals surface area contributed by atoms with Crippen LogP contribution in [0, 0.1) is 18.3 Å². The molecule has 0 bridgehead atoms. The molecule has 5 rings (SSSR count). The van der Waals surface area contributed by atoms with Crippen LogP contribution in [-0.2, 0) is 0 Å². The van der Waals surface area contributed by atoms with E-state index in [9.17, 15) is 10.4 Å². The molecule has 3 heterocycles. The third kappa shape index (κ3) is 2.89. The number of nitriles is 1. The molecule has 0 unspecified atom stereocenters. The van der Waals surface area contributed by atoms with Crippen LogP contribution >= 0.6 is 11.3 Å². The van der Waals surface area contributed by atoms with Crippen molar-refractivity contribution in [3.8, 4) is 34.0 Å². The zero-order valence-corrected chi connectivity index (χ0v) is 17.0. The summed E-state index contributed by atoms with van der Waals surface area (Å²) in [5, 5.41) is 19.6. The quantitative estimate of drug-likeness (QED) is 0.538. The SMILES string of the molecule is COc1cnc2c(-c3nc4c(C)cc5c(c4s3)OC[C@H](CO)O5)cc(C#N)cc2n1. The van der Waals surface area contributed by atoms with Gasteiger partial charge in [0.15, 0.2) is 17.6 Å². The fourth-order valence-corrected chi connectivity index (χ4v) is 4.59. The standard InChI is InChI=1S/C21H16N4O4S/c1-10-3-15-19(28-9-12(8-26)29-15)20-17(10)25-21(30-20)13-4-11(6-22)5-14-18(13)23-7-16(24-14)27-2/h3-5,7,12,26H,8-9H2,1-2H3/t12-/m0/s1. The highest BCUT2D eigenvalue weighted by atomic mass is 32.1. The van der Waals surface area contributed by atoms with Gasteiger partial charge in [0, 0.05) is 5.56 Å². The number of aliphatic hydroxyl groups is 1. The molecule has 1 atom stereocenters. The first-order valence-corrected chi connectivity index (χ1v) is 10.0. The van der Waals surface area contributed by atoms with Gasteiger partial charge in [-0.25, -0.2) is 15.0 Å². The van der Waals surface area contributed by atoms with Crippen LogP contribution in [0.4, 0.5) is 0 Å². The van der Waals surface area contributed by atoms with Crippen LogP contribution < -0.4 is 14.2 Å². The summed E-state index contributed by atoms with van der Waals surface area (Å²) in [6.45, 7) is 2.11. The minimum absolute atomic E-state index is 0.112. The van der Waals surface area contributed by atoms with Gasteiger partial charge in [0.1, 0.15) is 16.3 Å². The lowest BCUT2D eigenvalue weighted by molar-refractivity contribution is 0.0468. The highest BCUT2D eigenvalue weighted by Crippen LogP contribution is 2.45. The first-order chi connectivity index (χ1) is 14.6. The molecule has 30 heavy (non-hydrogen) atoms. The number of hydrogen-bond donors (Lipinski definition) is 1. The maximum atomic E-state index is 9.48. The van der Waals surface area contributed by atoms with Gasteiger partial charge < -0.3 is 19.3 Å². The van der Waals surface area contributed by atoms with Crippen LogP contribution in [0.5, 0.6) is 17.4 Å². The molecule has 1 aliphatic rings. The van der Waals surface area contributed by atoms with E-state index in [0.717, 1.165) is 21.3 Å². The van der Waals surface area contributed by atoms with Crippen LogP contribution in [0.1, 0.15) is 11.1 Å². The number of thiazole rings is 1. The molecular weight excluding hydrogens is 404 g/mol. The van der Waals surface area contributed by atoms with E-state index in [1.54, 1.807) is 18.3 Å². The Balaban J connectivity index is 1.73. The van der Waals surface area contributed by atoms with Gasteiger partial charge in [0.05, 0.1) is 48.1 Å². The minimum atomic E-state index is -0.386. The number of aryl methyl sites for hydroxylation is 1. The van der Waals surface area contributed by atoms with Crippen molar-refractivity contribution in [2.24, 2.45) is 0 Å². The first kappa shape index (κ1) is 18.5. The summed E-state index contributed by atoms with van der Waals surface area (Å²) in [4.78, 5) is 13.7. The van der Waals surface area contributed by atoms with Gasteiger partial charge in [0.25, 0.3) is 0 Å². The van der Waals surface area contributed by atoms with Crippen molar-refractivity contribution in [1.82, 2.24) is 15.0 Å². The maximum Gasteiger partial charge on any atom is 0.232 e. The lowest BCUT2D eigenvalue weighted by Gasteiger charge is -2.25.